The summed E-state index contributed by atoms with van der Waals surface area (Å²) in [6.07, 6.45) is -5.08. The van der Waals surface area contributed by atoms with Crippen molar-refractivity contribution in [3.8, 4) is 0 Å². The van der Waals surface area contributed by atoms with Gasteiger partial charge in [-0.05, 0) is 17.7 Å². The third kappa shape index (κ3) is 3.92. The number of nitrogens with zero attached hydrogens (tertiary/aromatic N) is 1. The van der Waals surface area contributed by atoms with Gasteiger partial charge in [-0.25, -0.2) is 0 Å². The molecule has 0 saturated carbocycles. The zero-order chi connectivity index (χ0) is 13.9. The molecule has 6 heteroatoms. The number of benzene rings is 1. The van der Waals surface area contributed by atoms with Crippen molar-refractivity contribution >= 4 is 0 Å². The average molecular weight is 274 g/mol. The van der Waals surface area contributed by atoms with E-state index in [9.17, 15) is 18.3 Å². The van der Waals surface area contributed by atoms with Gasteiger partial charge in [-0.1, -0.05) is 12.1 Å². The summed E-state index contributed by atoms with van der Waals surface area (Å²) in [6, 6.07) is 4.71. The van der Waals surface area contributed by atoms with E-state index in [-0.39, 0.29) is 0 Å². The van der Waals surface area contributed by atoms with Crippen LogP contribution in [0.25, 0.3) is 0 Å². The highest BCUT2D eigenvalue weighted by molar-refractivity contribution is 5.26. The van der Waals surface area contributed by atoms with Crippen LogP contribution in [0, 0.1) is 0 Å². The van der Waals surface area contributed by atoms with E-state index in [2.05, 4.69) is 10.2 Å². The first-order chi connectivity index (χ1) is 8.97. The molecule has 1 atom stereocenters. The smallest absolute Gasteiger partial charge is 0.387 e. The lowest BCUT2D eigenvalue weighted by Crippen LogP contribution is -2.44. The van der Waals surface area contributed by atoms with Crippen molar-refractivity contribution in [1.29, 1.82) is 0 Å². The predicted molar refractivity (Wildman–Crippen MR) is 65.7 cm³/mol. The van der Waals surface area contributed by atoms with Crippen LogP contribution in [0.1, 0.15) is 17.2 Å². The summed E-state index contributed by atoms with van der Waals surface area (Å²) in [4.78, 5) is 2.10. The molecule has 1 aromatic rings. The molecule has 0 spiro atoms. The summed E-state index contributed by atoms with van der Waals surface area (Å²) in [7, 11) is 0. The number of piperazine rings is 1. The Labute approximate surface area is 110 Å². The number of alkyl halides is 3. The van der Waals surface area contributed by atoms with E-state index >= 15 is 0 Å². The minimum absolute atomic E-state index is 0.451. The summed E-state index contributed by atoms with van der Waals surface area (Å²) in [5.74, 6) is 0. The normalized spacial score (nSPS) is 19.4. The maximum Gasteiger partial charge on any atom is 0.416 e. The number of aliphatic hydroxyl groups is 1. The molecule has 1 saturated heterocycles. The number of β-amino-alcohol motifs (C(OH)–C–C–N with tert-alkyl or cyclic N) is 1. The first-order valence-electron chi connectivity index (χ1n) is 6.25. The lowest BCUT2D eigenvalue weighted by Gasteiger charge is -2.29. The second kappa shape index (κ2) is 5.90. The van der Waals surface area contributed by atoms with Gasteiger partial charge in [0.1, 0.15) is 0 Å². The molecule has 2 rings (SSSR count). The highest BCUT2D eigenvalue weighted by Crippen LogP contribution is 2.30. The van der Waals surface area contributed by atoms with Crippen molar-refractivity contribution in [3.63, 3.8) is 0 Å². The van der Waals surface area contributed by atoms with Crippen molar-refractivity contribution in [2.75, 3.05) is 32.7 Å². The highest BCUT2D eigenvalue weighted by atomic mass is 19.4. The van der Waals surface area contributed by atoms with Gasteiger partial charge in [0.2, 0.25) is 0 Å². The van der Waals surface area contributed by atoms with E-state index in [0.29, 0.717) is 12.1 Å². The molecule has 0 aliphatic carbocycles. The number of rotatable bonds is 3. The lowest BCUT2D eigenvalue weighted by atomic mass is 10.1. The van der Waals surface area contributed by atoms with Crippen LogP contribution in [-0.2, 0) is 6.18 Å². The fourth-order valence-corrected chi connectivity index (χ4v) is 2.14. The van der Waals surface area contributed by atoms with Crippen LogP contribution in [0.3, 0.4) is 0 Å². The Morgan fingerprint density at radius 1 is 1.16 bits per heavy atom. The van der Waals surface area contributed by atoms with Crippen LogP contribution in [0.4, 0.5) is 13.2 Å². The summed E-state index contributed by atoms with van der Waals surface area (Å²) in [5.41, 5.74) is -0.169. The van der Waals surface area contributed by atoms with Crippen LogP contribution in [0.2, 0.25) is 0 Å². The molecule has 106 valence electrons. The van der Waals surface area contributed by atoms with E-state index in [1.807, 2.05) is 0 Å². The summed E-state index contributed by atoms with van der Waals surface area (Å²) >= 11 is 0. The Morgan fingerprint density at radius 2 is 1.74 bits per heavy atom. The van der Waals surface area contributed by atoms with Gasteiger partial charge in [-0.2, -0.15) is 13.2 Å². The second-order valence-corrected chi connectivity index (χ2v) is 4.69. The molecule has 1 unspecified atom stereocenters. The third-order valence-electron chi connectivity index (χ3n) is 3.26. The van der Waals surface area contributed by atoms with E-state index in [0.717, 1.165) is 38.3 Å². The van der Waals surface area contributed by atoms with Gasteiger partial charge >= 0.3 is 6.18 Å². The minimum Gasteiger partial charge on any atom is -0.387 e. The van der Waals surface area contributed by atoms with Crippen LogP contribution < -0.4 is 5.32 Å². The Bertz CT molecular complexity index is 399. The maximum atomic E-state index is 12.4. The van der Waals surface area contributed by atoms with Gasteiger partial charge in [-0.3, -0.25) is 4.90 Å². The highest BCUT2D eigenvalue weighted by Gasteiger charge is 2.30. The summed E-state index contributed by atoms with van der Waals surface area (Å²) in [5, 5.41) is 13.2. The molecule has 1 aromatic carbocycles. The lowest BCUT2D eigenvalue weighted by molar-refractivity contribution is -0.137. The molecule has 3 nitrogen and oxygen atoms in total. The molecule has 0 bridgehead atoms. The molecule has 1 heterocycles. The van der Waals surface area contributed by atoms with Crippen LogP contribution >= 0.6 is 0 Å². The predicted octanol–water partition coefficient (Wildman–Crippen LogP) is 1.64. The van der Waals surface area contributed by atoms with Crippen LogP contribution in [0.15, 0.2) is 24.3 Å². The van der Waals surface area contributed by atoms with E-state index < -0.39 is 17.8 Å². The molecule has 0 amide bonds. The van der Waals surface area contributed by atoms with Crippen molar-refractivity contribution in [2.24, 2.45) is 0 Å². The van der Waals surface area contributed by atoms with E-state index in [4.69, 9.17) is 0 Å². The van der Waals surface area contributed by atoms with Crippen molar-refractivity contribution in [1.82, 2.24) is 10.2 Å². The second-order valence-electron chi connectivity index (χ2n) is 4.69. The van der Waals surface area contributed by atoms with Crippen molar-refractivity contribution in [2.45, 2.75) is 12.3 Å². The standard InChI is InChI=1S/C13H17F3N2O/c14-13(15,16)11-3-1-10(2-4-11)12(19)9-18-7-5-17-6-8-18/h1-4,12,17,19H,5-9H2. The Balaban J connectivity index is 1.97. The molecular formula is C13H17F3N2O. The van der Waals surface area contributed by atoms with Crippen molar-refractivity contribution in [3.05, 3.63) is 35.4 Å². The zero-order valence-corrected chi connectivity index (χ0v) is 10.5. The molecule has 0 aromatic heterocycles. The number of nitrogens with one attached hydrogen (secondary N) is 1. The largest absolute Gasteiger partial charge is 0.416 e. The van der Waals surface area contributed by atoms with Gasteiger partial charge in [0.15, 0.2) is 0 Å². The fourth-order valence-electron chi connectivity index (χ4n) is 2.14. The Morgan fingerprint density at radius 3 is 2.26 bits per heavy atom. The summed E-state index contributed by atoms with van der Waals surface area (Å²) in [6.45, 7) is 3.89. The van der Waals surface area contributed by atoms with E-state index in [1.54, 1.807) is 0 Å². The number of hydrogen-bond donors (Lipinski definition) is 2. The van der Waals surface area contributed by atoms with E-state index in [1.165, 1.54) is 12.1 Å². The SMILES string of the molecule is OC(CN1CCNCC1)c1ccc(C(F)(F)F)cc1. The van der Waals surface area contributed by atoms with Gasteiger partial charge in [0, 0.05) is 32.7 Å². The average Bonchev–Trinajstić information content (AvgIpc) is 2.39. The number of halogens is 3. The summed E-state index contributed by atoms with van der Waals surface area (Å²) < 4.78 is 37.2. The first-order valence-corrected chi connectivity index (χ1v) is 6.25. The van der Waals surface area contributed by atoms with Gasteiger partial charge in [-0.15, -0.1) is 0 Å². The van der Waals surface area contributed by atoms with Crippen LogP contribution in [0.5, 0.6) is 0 Å². The Hall–Kier alpha value is -1.11. The van der Waals surface area contributed by atoms with Crippen molar-refractivity contribution < 1.29 is 18.3 Å². The monoisotopic (exact) mass is 274 g/mol. The fraction of sp³-hybridized carbons (Fsp3) is 0.538. The molecular weight excluding hydrogens is 257 g/mol. The zero-order valence-electron chi connectivity index (χ0n) is 10.5. The third-order valence-corrected chi connectivity index (χ3v) is 3.26. The molecule has 0 radical (unpaired) electrons. The number of aliphatic hydroxyl groups excluding tert-OH is 1. The van der Waals surface area contributed by atoms with Gasteiger partial charge in [0.05, 0.1) is 11.7 Å². The van der Waals surface area contributed by atoms with Gasteiger partial charge in [0.25, 0.3) is 0 Å². The molecule has 19 heavy (non-hydrogen) atoms. The topological polar surface area (TPSA) is 35.5 Å². The van der Waals surface area contributed by atoms with Crippen LogP contribution in [-0.4, -0.2) is 42.7 Å². The minimum atomic E-state index is -4.33. The van der Waals surface area contributed by atoms with Gasteiger partial charge < -0.3 is 10.4 Å². The number of hydrogen-bond acceptors (Lipinski definition) is 3. The molecule has 1 aliphatic rings. The molecule has 1 aliphatic heterocycles. The quantitative estimate of drug-likeness (QED) is 0.879. The molecule has 1 fully saturated rings. The first kappa shape index (κ1) is 14.3. The molecule has 2 N–H and O–H groups in total. The maximum absolute atomic E-state index is 12.4. The Kier molecular flexibility index (Phi) is 4.44.